The highest BCUT2D eigenvalue weighted by Gasteiger charge is 2.22. The molecule has 0 fully saturated rings. The lowest BCUT2D eigenvalue weighted by Crippen LogP contribution is -2.30. The average molecular weight is 269 g/mol. The fourth-order valence-corrected chi connectivity index (χ4v) is 1.73. The zero-order valence-electron chi connectivity index (χ0n) is 13.5. The maximum absolute atomic E-state index is 10.2. The van der Waals surface area contributed by atoms with Gasteiger partial charge >= 0.3 is 0 Å². The number of rotatable bonds is 9. The number of oxime groups is 1. The molecule has 1 N–H and O–H groups in total. The number of hydrogen-bond donors (Lipinski definition) is 1. The van der Waals surface area contributed by atoms with E-state index in [0.29, 0.717) is 5.92 Å². The fourth-order valence-electron chi connectivity index (χ4n) is 1.73. The van der Waals surface area contributed by atoms with E-state index in [1.807, 2.05) is 20.8 Å². The lowest BCUT2D eigenvalue weighted by Gasteiger charge is -2.23. The second-order valence-corrected chi connectivity index (χ2v) is 6.31. The summed E-state index contributed by atoms with van der Waals surface area (Å²) >= 11 is 0. The Kier molecular flexibility index (Phi) is 8.73. The predicted molar refractivity (Wildman–Crippen MR) is 82.4 cm³/mol. The van der Waals surface area contributed by atoms with Gasteiger partial charge in [-0.2, -0.15) is 0 Å². The van der Waals surface area contributed by atoms with Gasteiger partial charge in [0.05, 0.1) is 11.3 Å². The third-order valence-electron chi connectivity index (χ3n) is 3.01. The van der Waals surface area contributed by atoms with Crippen molar-refractivity contribution in [2.75, 3.05) is 6.61 Å². The highest BCUT2D eigenvalue weighted by molar-refractivity contribution is 5.78. The van der Waals surface area contributed by atoms with Crippen LogP contribution in [0.15, 0.2) is 16.8 Å². The van der Waals surface area contributed by atoms with Crippen molar-refractivity contribution in [1.29, 1.82) is 0 Å². The molecular formula is C16H31NO2. The Hall–Kier alpha value is -0.830. The molecule has 0 aromatic carbocycles. The first kappa shape index (κ1) is 18.2. The molecule has 0 spiro atoms. The highest BCUT2D eigenvalue weighted by Crippen LogP contribution is 2.20. The van der Waals surface area contributed by atoms with Crippen LogP contribution in [-0.4, -0.2) is 23.0 Å². The van der Waals surface area contributed by atoms with E-state index in [-0.39, 0.29) is 6.61 Å². The normalized spacial score (nSPS) is 15.3. The molecule has 0 heterocycles. The average Bonchev–Trinajstić information content (AvgIpc) is 2.25. The van der Waals surface area contributed by atoms with Crippen molar-refractivity contribution in [3.63, 3.8) is 0 Å². The smallest absolute Gasteiger partial charge is 0.145 e. The molecule has 19 heavy (non-hydrogen) atoms. The summed E-state index contributed by atoms with van der Waals surface area (Å²) in [7, 11) is 0. The van der Waals surface area contributed by atoms with Crippen molar-refractivity contribution >= 4 is 5.71 Å². The highest BCUT2D eigenvalue weighted by atomic mass is 16.6. The predicted octanol–water partition coefficient (Wildman–Crippen LogP) is 4.31. The second kappa shape index (κ2) is 9.13. The van der Waals surface area contributed by atoms with E-state index in [4.69, 9.17) is 4.84 Å². The first-order valence-corrected chi connectivity index (χ1v) is 7.22. The Bertz CT molecular complexity index is 298. The zero-order chi connectivity index (χ0) is 14.9. The minimum absolute atomic E-state index is 0.263. The van der Waals surface area contributed by atoms with Crippen LogP contribution < -0.4 is 0 Å². The molecule has 0 aromatic rings. The Morgan fingerprint density at radius 2 is 1.89 bits per heavy atom. The van der Waals surface area contributed by atoms with E-state index in [9.17, 15) is 5.11 Å². The van der Waals surface area contributed by atoms with Crippen molar-refractivity contribution < 1.29 is 9.94 Å². The number of nitrogens with zero attached hydrogens (tertiary/aromatic N) is 1. The van der Waals surface area contributed by atoms with Gasteiger partial charge in [-0.1, -0.05) is 23.7 Å². The first-order valence-electron chi connectivity index (χ1n) is 7.22. The summed E-state index contributed by atoms with van der Waals surface area (Å²) in [5.74, 6) is 0.624. The molecule has 0 aliphatic heterocycles. The van der Waals surface area contributed by atoms with Crippen LogP contribution in [0.25, 0.3) is 0 Å². The van der Waals surface area contributed by atoms with Crippen LogP contribution in [0.4, 0.5) is 0 Å². The summed E-state index contributed by atoms with van der Waals surface area (Å²) in [6, 6.07) is 0. The number of hydrogen-bond acceptors (Lipinski definition) is 3. The largest absolute Gasteiger partial charge is 0.393 e. The molecule has 0 saturated heterocycles. The molecular weight excluding hydrogens is 238 g/mol. The maximum atomic E-state index is 10.2. The van der Waals surface area contributed by atoms with Gasteiger partial charge in [-0.05, 0) is 66.2 Å². The number of allylic oxidation sites excluding steroid dienone is 2. The van der Waals surface area contributed by atoms with Crippen LogP contribution in [-0.2, 0) is 4.84 Å². The summed E-state index contributed by atoms with van der Waals surface area (Å²) in [6.07, 6.45) is 6.34. The Morgan fingerprint density at radius 3 is 2.42 bits per heavy atom. The standard InChI is InChI=1S/C16H31NO2/c1-13(2)8-7-9-15(5)10-11-16(6,18)12-19-17-14(3)4/h8,15,18H,7,9-12H2,1-6H3/t15-,16-/m0/s1. The molecule has 0 unspecified atom stereocenters. The molecule has 112 valence electrons. The van der Waals surface area contributed by atoms with E-state index in [2.05, 4.69) is 32.0 Å². The Labute approximate surface area is 118 Å². The second-order valence-electron chi connectivity index (χ2n) is 6.31. The summed E-state index contributed by atoms with van der Waals surface area (Å²) in [6.45, 7) is 12.3. The van der Waals surface area contributed by atoms with Gasteiger partial charge in [0.25, 0.3) is 0 Å². The molecule has 2 atom stereocenters. The van der Waals surface area contributed by atoms with Gasteiger partial charge in [-0.25, -0.2) is 0 Å². The Balaban J connectivity index is 3.89. The quantitative estimate of drug-likeness (QED) is 0.385. The topological polar surface area (TPSA) is 41.8 Å². The van der Waals surface area contributed by atoms with Gasteiger partial charge in [0.1, 0.15) is 6.61 Å². The van der Waals surface area contributed by atoms with Crippen LogP contribution in [0.5, 0.6) is 0 Å². The lowest BCUT2D eigenvalue weighted by atomic mass is 9.92. The van der Waals surface area contributed by atoms with Gasteiger partial charge < -0.3 is 9.94 Å². The van der Waals surface area contributed by atoms with Crippen LogP contribution >= 0.6 is 0 Å². The van der Waals surface area contributed by atoms with Crippen LogP contribution in [0.2, 0.25) is 0 Å². The van der Waals surface area contributed by atoms with Crippen molar-refractivity contribution in [3.8, 4) is 0 Å². The van der Waals surface area contributed by atoms with Crippen molar-refractivity contribution in [2.45, 2.75) is 72.8 Å². The molecule has 0 aromatic heterocycles. The Morgan fingerprint density at radius 1 is 1.26 bits per heavy atom. The van der Waals surface area contributed by atoms with Crippen molar-refractivity contribution in [3.05, 3.63) is 11.6 Å². The molecule has 0 amide bonds. The van der Waals surface area contributed by atoms with Gasteiger partial charge in [-0.15, -0.1) is 0 Å². The van der Waals surface area contributed by atoms with E-state index in [1.165, 1.54) is 12.0 Å². The van der Waals surface area contributed by atoms with E-state index < -0.39 is 5.60 Å². The molecule has 0 radical (unpaired) electrons. The van der Waals surface area contributed by atoms with Crippen LogP contribution in [0, 0.1) is 5.92 Å². The van der Waals surface area contributed by atoms with Gasteiger partial charge in [0.15, 0.2) is 0 Å². The summed E-state index contributed by atoms with van der Waals surface area (Å²) in [5.41, 5.74) is 1.45. The minimum Gasteiger partial charge on any atom is -0.393 e. The maximum Gasteiger partial charge on any atom is 0.145 e. The van der Waals surface area contributed by atoms with Crippen LogP contribution in [0.1, 0.15) is 67.2 Å². The first-order chi connectivity index (χ1) is 8.73. The third-order valence-corrected chi connectivity index (χ3v) is 3.01. The van der Waals surface area contributed by atoms with Crippen LogP contribution in [0.3, 0.4) is 0 Å². The molecule has 0 aliphatic rings. The minimum atomic E-state index is -0.788. The lowest BCUT2D eigenvalue weighted by molar-refractivity contribution is -0.0407. The van der Waals surface area contributed by atoms with Crippen molar-refractivity contribution in [2.24, 2.45) is 11.1 Å². The van der Waals surface area contributed by atoms with Gasteiger partial charge in [0.2, 0.25) is 0 Å². The van der Waals surface area contributed by atoms with Gasteiger partial charge in [-0.3, -0.25) is 0 Å². The molecule has 3 heteroatoms. The van der Waals surface area contributed by atoms with E-state index in [0.717, 1.165) is 25.0 Å². The van der Waals surface area contributed by atoms with Crippen molar-refractivity contribution in [1.82, 2.24) is 0 Å². The fraction of sp³-hybridized carbons (Fsp3) is 0.812. The summed E-state index contributed by atoms with van der Waals surface area (Å²) in [5, 5.41) is 14.0. The summed E-state index contributed by atoms with van der Waals surface area (Å²) in [4.78, 5) is 5.13. The zero-order valence-corrected chi connectivity index (χ0v) is 13.5. The SMILES string of the molecule is CC(C)=CCC[C@H](C)CC[C@](C)(O)CON=C(C)C. The molecule has 0 rings (SSSR count). The summed E-state index contributed by atoms with van der Waals surface area (Å²) < 4.78 is 0. The molecule has 0 aliphatic carbocycles. The molecule has 3 nitrogen and oxygen atoms in total. The van der Waals surface area contributed by atoms with E-state index >= 15 is 0 Å². The van der Waals surface area contributed by atoms with E-state index in [1.54, 1.807) is 0 Å². The monoisotopic (exact) mass is 269 g/mol. The third kappa shape index (κ3) is 12.0. The molecule has 0 saturated carbocycles. The number of aliphatic hydroxyl groups is 1. The van der Waals surface area contributed by atoms with Gasteiger partial charge in [0, 0.05) is 0 Å². The molecule has 0 bridgehead atoms.